The van der Waals surface area contributed by atoms with Gasteiger partial charge in [-0.3, -0.25) is 9.59 Å². The summed E-state index contributed by atoms with van der Waals surface area (Å²) in [6.07, 6.45) is -0.424. The molecule has 2 heterocycles. The zero-order chi connectivity index (χ0) is 16.4. The maximum absolute atomic E-state index is 11.7. The van der Waals surface area contributed by atoms with Crippen LogP contribution < -0.4 is 11.5 Å². The molecule has 118 valence electrons. The van der Waals surface area contributed by atoms with E-state index >= 15 is 0 Å². The van der Waals surface area contributed by atoms with Gasteiger partial charge < -0.3 is 16.2 Å². The van der Waals surface area contributed by atoms with Crippen LogP contribution in [0.5, 0.6) is 0 Å². The minimum Gasteiger partial charge on any atom is -0.453 e. The fraction of sp³-hybridized carbons (Fsp3) is 0.462. The molecule has 0 radical (unpaired) electrons. The van der Waals surface area contributed by atoms with Crippen molar-refractivity contribution in [3.8, 4) is 0 Å². The molecular weight excluding hydrogens is 288 g/mol. The quantitative estimate of drug-likeness (QED) is 0.721. The molecule has 0 aliphatic rings. The molecule has 0 aliphatic heterocycles. The van der Waals surface area contributed by atoms with Gasteiger partial charge in [0, 0.05) is 17.8 Å². The molecule has 9 nitrogen and oxygen atoms in total. The lowest BCUT2D eigenvalue weighted by Crippen LogP contribution is -2.30. The molecular formula is C13H18N6O3. The highest BCUT2D eigenvalue weighted by molar-refractivity contribution is 5.81. The number of rotatable bonds is 5. The van der Waals surface area contributed by atoms with Crippen molar-refractivity contribution in [3.05, 3.63) is 17.0 Å². The Morgan fingerprint density at radius 1 is 1.32 bits per heavy atom. The van der Waals surface area contributed by atoms with E-state index in [0.717, 1.165) is 17.0 Å². The Balaban J connectivity index is 2.14. The summed E-state index contributed by atoms with van der Waals surface area (Å²) < 4.78 is 6.45. The summed E-state index contributed by atoms with van der Waals surface area (Å²) in [5.41, 5.74) is 13.0. The number of anilines is 1. The summed E-state index contributed by atoms with van der Waals surface area (Å²) in [5.74, 6) is -0.617. The Kier molecular flexibility index (Phi) is 4.25. The van der Waals surface area contributed by atoms with Gasteiger partial charge in [0.05, 0.1) is 0 Å². The van der Waals surface area contributed by atoms with E-state index in [4.69, 9.17) is 16.2 Å². The highest BCUT2D eigenvalue weighted by atomic mass is 16.5. The van der Waals surface area contributed by atoms with Gasteiger partial charge in [-0.05, 0) is 32.8 Å². The molecule has 2 aromatic rings. The number of amides is 1. The lowest BCUT2D eigenvalue weighted by molar-refractivity contribution is -0.153. The van der Waals surface area contributed by atoms with Crippen LogP contribution >= 0.6 is 0 Å². The van der Waals surface area contributed by atoms with E-state index in [1.54, 1.807) is 0 Å². The van der Waals surface area contributed by atoms with Crippen LogP contribution in [-0.4, -0.2) is 37.6 Å². The Bertz CT molecular complexity index is 739. The number of esters is 1. The molecule has 1 unspecified atom stereocenters. The van der Waals surface area contributed by atoms with E-state index in [-0.39, 0.29) is 12.4 Å². The summed E-state index contributed by atoms with van der Waals surface area (Å²) in [5, 5.41) is 4.06. The van der Waals surface area contributed by atoms with Gasteiger partial charge in [0.1, 0.15) is 0 Å². The van der Waals surface area contributed by atoms with Gasteiger partial charge >= 0.3 is 5.97 Å². The van der Waals surface area contributed by atoms with E-state index in [0.29, 0.717) is 12.2 Å². The van der Waals surface area contributed by atoms with Crippen molar-refractivity contribution >= 4 is 23.6 Å². The van der Waals surface area contributed by atoms with Crippen LogP contribution in [0.25, 0.3) is 5.78 Å². The average molecular weight is 306 g/mol. The highest BCUT2D eigenvalue weighted by Gasteiger charge is 2.17. The lowest BCUT2D eigenvalue weighted by atomic mass is 10.1. The third-order valence-electron chi connectivity index (χ3n) is 3.35. The summed E-state index contributed by atoms with van der Waals surface area (Å²) >= 11 is 0. The number of carbonyl (C=O) groups is 2. The molecule has 0 aliphatic carbocycles. The third kappa shape index (κ3) is 3.13. The van der Waals surface area contributed by atoms with Crippen LogP contribution in [0, 0.1) is 13.8 Å². The van der Waals surface area contributed by atoms with Crippen molar-refractivity contribution in [1.82, 2.24) is 19.6 Å². The van der Waals surface area contributed by atoms with E-state index in [2.05, 4.69) is 15.1 Å². The number of hydrogen-bond donors (Lipinski definition) is 2. The molecule has 0 saturated carbocycles. The molecule has 0 saturated heterocycles. The summed E-state index contributed by atoms with van der Waals surface area (Å²) in [4.78, 5) is 30.9. The normalized spacial score (nSPS) is 12.3. The van der Waals surface area contributed by atoms with E-state index in [1.807, 2.05) is 13.8 Å². The second kappa shape index (κ2) is 5.96. The molecule has 2 aromatic heterocycles. The van der Waals surface area contributed by atoms with Gasteiger partial charge in [-0.2, -0.15) is 9.50 Å². The first-order valence-corrected chi connectivity index (χ1v) is 6.76. The van der Waals surface area contributed by atoms with Crippen LogP contribution in [0.1, 0.15) is 30.3 Å². The second-order valence-corrected chi connectivity index (χ2v) is 4.98. The first kappa shape index (κ1) is 15.7. The second-order valence-electron chi connectivity index (χ2n) is 4.98. The van der Waals surface area contributed by atoms with Crippen LogP contribution in [0.15, 0.2) is 0 Å². The molecule has 0 spiro atoms. The molecule has 1 amide bonds. The van der Waals surface area contributed by atoms with Crippen LogP contribution in [0.3, 0.4) is 0 Å². The van der Waals surface area contributed by atoms with Crippen LogP contribution in [0.2, 0.25) is 0 Å². The predicted octanol–water partition coefficient (Wildman–Crippen LogP) is -0.327. The monoisotopic (exact) mass is 306 g/mol. The molecule has 2 rings (SSSR count). The maximum Gasteiger partial charge on any atom is 0.306 e. The van der Waals surface area contributed by atoms with E-state index < -0.39 is 18.0 Å². The molecule has 1 atom stereocenters. The number of nitrogen functional groups attached to an aromatic ring is 1. The zero-order valence-corrected chi connectivity index (χ0v) is 12.7. The van der Waals surface area contributed by atoms with Crippen molar-refractivity contribution in [1.29, 1.82) is 0 Å². The number of nitrogens with two attached hydrogens (primary N) is 2. The fourth-order valence-electron chi connectivity index (χ4n) is 2.13. The largest absolute Gasteiger partial charge is 0.453 e. The van der Waals surface area contributed by atoms with E-state index in [9.17, 15) is 9.59 Å². The number of aromatic nitrogens is 4. The lowest BCUT2D eigenvalue weighted by Gasteiger charge is -2.12. The van der Waals surface area contributed by atoms with Gasteiger partial charge in [0.2, 0.25) is 5.95 Å². The highest BCUT2D eigenvalue weighted by Crippen LogP contribution is 2.16. The number of carbonyl (C=O) groups excluding carboxylic acids is 2. The Labute approximate surface area is 126 Å². The average Bonchev–Trinajstić information content (AvgIpc) is 2.78. The fourth-order valence-corrected chi connectivity index (χ4v) is 2.13. The molecule has 22 heavy (non-hydrogen) atoms. The molecule has 0 fully saturated rings. The van der Waals surface area contributed by atoms with Crippen molar-refractivity contribution < 1.29 is 14.3 Å². The molecule has 0 bridgehead atoms. The minimum absolute atomic E-state index is 0.108. The molecule has 9 heteroatoms. The van der Waals surface area contributed by atoms with Gasteiger partial charge in [0.15, 0.2) is 6.10 Å². The Morgan fingerprint density at radius 3 is 2.64 bits per heavy atom. The minimum atomic E-state index is -0.939. The Morgan fingerprint density at radius 2 is 2.00 bits per heavy atom. The number of nitrogens with zero attached hydrogens (tertiary/aromatic N) is 4. The number of fused-ring (bicyclic) bond motifs is 1. The van der Waals surface area contributed by atoms with Crippen molar-refractivity contribution in [2.45, 2.75) is 39.7 Å². The molecule has 4 N–H and O–H groups in total. The smallest absolute Gasteiger partial charge is 0.306 e. The zero-order valence-electron chi connectivity index (χ0n) is 12.7. The van der Waals surface area contributed by atoms with Crippen LogP contribution in [0.4, 0.5) is 5.95 Å². The summed E-state index contributed by atoms with van der Waals surface area (Å²) in [6.45, 7) is 5.11. The number of primary amides is 1. The number of hydrogen-bond acceptors (Lipinski definition) is 7. The van der Waals surface area contributed by atoms with E-state index in [1.165, 1.54) is 11.4 Å². The SMILES string of the molecule is Cc1nc2nc(N)nn2c(C)c1CCC(=O)OC(C)C(N)=O. The first-order valence-electron chi connectivity index (χ1n) is 6.76. The predicted molar refractivity (Wildman–Crippen MR) is 77.7 cm³/mol. The number of aryl methyl sites for hydroxylation is 2. The standard InChI is InChI=1S/C13H18N6O3/c1-6-9(4-5-10(20)22-8(3)11(14)21)7(2)19-13(16-6)17-12(15)18-19/h8H,4-5H2,1-3H3,(H2,14,21)(H2,15,18). The first-order chi connectivity index (χ1) is 10.3. The maximum atomic E-state index is 11.7. The topological polar surface area (TPSA) is 138 Å². The summed E-state index contributed by atoms with van der Waals surface area (Å²) in [6, 6.07) is 0. The van der Waals surface area contributed by atoms with Gasteiger partial charge in [-0.1, -0.05) is 0 Å². The third-order valence-corrected chi connectivity index (χ3v) is 3.35. The number of ether oxygens (including phenoxy) is 1. The van der Waals surface area contributed by atoms with Gasteiger partial charge in [-0.25, -0.2) is 4.98 Å². The Hall–Kier alpha value is -2.71. The van der Waals surface area contributed by atoms with Gasteiger partial charge in [-0.15, -0.1) is 5.10 Å². The molecule has 0 aromatic carbocycles. The van der Waals surface area contributed by atoms with Crippen molar-refractivity contribution in [2.24, 2.45) is 5.73 Å². The summed E-state index contributed by atoms with van der Waals surface area (Å²) in [7, 11) is 0. The van der Waals surface area contributed by atoms with Crippen LogP contribution in [-0.2, 0) is 20.7 Å². The van der Waals surface area contributed by atoms with Crippen molar-refractivity contribution in [2.75, 3.05) is 5.73 Å². The van der Waals surface area contributed by atoms with Crippen molar-refractivity contribution in [3.63, 3.8) is 0 Å². The van der Waals surface area contributed by atoms with Gasteiger partial charge in [0.25, 0.3) is 11.7 Å².